The fraction of sp³-hybridized carbons (Fsp3) is 0.533. The lowest BCUT2D eigenvalue weighted by molar-refractivity contribution is 0.0376. The van der Waals surface area contributed by atoms with Crippen molar-refractivity contribution in [3.63, 3.8) is 0 Å². The first-order chi connectivity index (χ1) is 9.77. The molecule has 0 atom stereocenters. The van der Waals surface area contributed by atoms with Gasteiger partial charge in [0, 0.05) is 32.4 Å². The van der Waals surface area contributed by atoms with Crippen molar-refractivity contribution in [2.24, 2.45) is 0 Å². The first-order valence-corrected chi connectivity index (χ1v) is 7.55. The van der Waals surface area contributed by atoms with Crippen LogP contribution < -0.4 is 10.2 Å². The Morgan fingerprint density at radius 2 is 2.00 bits per heavy atom. The highest BCUT2D eigenvalue weighted by Gasteiger charge is 2.10. The van der Waals surface area contributed by atoms with E-state index in [1.54, 1.807) is 0 Å². The van der Waals surface area contributed by atoms with Crippen LogP contribution in [-0.2, 0) is 4.74 Å². The van der Waals surface area contributed by atoms with E-state index in [2.05, 4.69) is 22.3 Å². The van der Waals surface area contributed by atoms with Gasteiger partial charge in [-0.1, -0.05) is 18.2 Å². The van der Waals surface area contributed by atoms with Crippen molar-refractivity contribution in [2.45, 2.75) is 6.42 Å². The third-order valence-electron chi connectivity index (χ3n) is 3.48. The molecule has 20 heavy (non-hydrogen) atoms. The SMILES string of the molecule is CN(C(=S)NCCCN1CCOCC1)c1ccccc1. The van der Waals surface area contributed by atoms with Gasteiger partial charge in [0.2, 0.25) is 0 Å². The largest absolute Gasteiger partial charge is 0.379 e. The van der Waals surface area contributed by atoms with Crippen molar-refractivity contribution in [3.8, 4) is 0 Å². The summed E-state index contributed by atoms with van der Waals surface area (Å²) in [5.74, 6) is 0. The minimum atomic E-state index is 0.776. The Morgan fingerprint density at radius 1 is 1.30 bits per heavy atom. The number of para-hydroxylation sites is 1. The molecule has 5 heteroatoms. The first kappa shape index (κ1) is 15.2. The molecule has 1 aromatic carbocycles. The number of hydrogen-bond donors (Lipinski definition) is 1. The normalized spacial score (nSPS) is 15.8. The zero-order valence-electron chi connectivity index (χ0n) is 12.0. The molecule has 0 radical (unpaired) electrons. The quantitative estimate of drug-likeness (QED) is 0.659. The Kier molecular flexibility index (Phi) is 6.24. The fourth-order valence-corrected chi connectivity index (χ4v) is 2.42. The summed E-state index contributed by atoms with van der Waals surface area (Å²) in [5.41, 5.74) is 1.11. The van der Waals surface area contributed by atoms with Gasteiger partial charge >= 0.3 is 0 Å². The van der Waals surface area contributed by atoms with Crippen LogP contribution in [0.15, 0.2) is 30.3 Å². The van der Waals surface area contributed by atoms with E-state index in [1.807, 2.05) is 30.1 Å². The van der Waals surface area contributed by atoms with E-state index in [9.17, 15) is 0 Å². The van der Waals surface area contributed by atoms with Crippen molar-refractivity contribution in [2.75, 3.05) is 51.3 Å². The van der Waals surface area contributed by atoms with Gasteiger partial charge < -0.3 is 15.0 Å². The zero-order valence-corrected chi connectivity index (χ0v) is 12.9. The molecule has 4 nitrogen and oxygen atoms in total. The van der Waals surface area contributed by atoms with Crippen molar-refractivity contribution >= 4 is 23.0 Å². The predicted molar refractivity (Wildman–Crippen MR) is 87.3 cm³/mol. The molecule has 0 unspecified atom stereocenters. The molecule has 1 N–H and O–H groups in total. The lowest BCUT2D eigenvalue weighted by Crippen LogP contribution is -2.40. The summed E-state index contributed by atoms with van der Waals surface area (Å²) in [6.07, 6.45) is 1.10. The molecule has 1 heterocycles. The van der Waals surface area contributed by atoms with E-state index in [4.69, 9.17) is 17.0 Å². The molecule has 0 aromatic heterocycles. The minimum absolute atomic E-state index is 0.776. The second-order valence-corrected chi connectivity index (χ2v) is 5.32. The van der Waals surface area contributed by atoms with Crippen LogP contribution >= 0.6 is 12.2 Å². The molecule has 0 amide bonds. The summed E-state index contributed by atoms with van der Waals surface area (Å²) >= 11 is 5.41. The highest BCUT2D eigenvalue weighted by Crippen LogP contribution is 2.10. The lowest BCUT2D eigenvalue weighted by atomic mass is 10.3. The maximum Gasteiger partial charge on any atom is 0.173 e. The van der Waals surface area contributed by atoms with Crippen molar-refractivity contribution in [1.82, 2.24) is 10.2 Å². The number of nitrogens with zero attached hydrogens (tertiary/aromatic N) is 2. The third kappa shape index (κ3) is 4.74. The Hall–Kier alpha value is -1.17. The molecule has 1 saturated heterocycles. The van der Waals surface area contributed by atoms with E-state index in [-0.39, 0.29) is 0 Å². The minimum Gasteiger partial charge on any atom is -0.379 e. The molecule has 0 spiro atoms. The number of rotatable bonds is 5. The Labute approximate surface area is 126 Å². The molecule has 1 aliphatic rings. The van der Waals surface area contributed by atoms with Gasteiger partial charge in [-0.05, 0) is 37.3 Å². The van der Waals surface area contributed by atoms with Crippen LogP contribution in [0.1, 0.15) is 6.42 Å². The summed E-state index contributed by atoms with van der Waals surface area (Å²) in [4.78, 5) is 4.44. The van der Waals surface area contributed by atoms with Gasteiger partial charge in [-0.3, -0.25) is 4.90 Å². The lowest BCUT2D eigenvalue weighted by Gasteiger charge is -2.27. The standard InChI is InChI=1S/C15H23N3OS/c1-17(14-6-3-2-4-7-14)15(20)16-8-5-9-18-10-12-19-13-11-18/h2-4,6-7H,5,8-13H2,1H3,(H,16,20). The Bertz CT molecular complexity index is 407. The van der Waals surface area contributed by atoms with Gasteiger partial charge in [0.1, 0.15) is 0 Å². The van der Waals surface area contributed by atoms with Crippen LogP contribution in [-0.4, -0.2) is 56.5 Å². The first-order valence-electron chi connectivity index (χ1n) is 7.14. The van der Waals surface area contributed by atoms with Gasteiger partial charge in [0.15, 0.2) is 5.11 Å². The van der Waals surface area contributed by atoms with E-state index >= 15 is 0 Å². The molecule has 0 saturated carbocycles. The van der Waals surface area contributed by atoms with E-state index in [0.717, 1.165) is 56.6 Å². The highest BCUT2D eigenvalue weighted by molar-refractivity contribution is 7.80. The second-order valence-electron chi connectivity index (χ2n) is 4.93. The number of morpholine rings is 1. The summed E-state index contributed by atoms with van der Waals surface area (Å²) in [6, 6.07) is 10.2. The van der Waals surface area contributed by atoms with Crippen LogP contribution in [0.4, 0.5) is 5.69 Å². The van der Waals surface area contributed by atoms with Gasteiger partial charge in [0.05, 0.1) is 13.2 Å². The molecule has 1 aliphatic heterocycles. The molecule has 0 aliphatic carbocycles. The summed E-state index contributed by atoms with van der Waals surface area (Å²) in [6.45, 7) is 5.84. The number of anilines is 1. The molecule has 1 aromatic rings. The molecule has 2 rings (SSSR count). The third-order valence-corrected chi connectivity index (χ3v) is 3.90. The van der Waals surface area contributed by atoms with Gasteiger partial charge in [-0.15, -0.1) is 0 Å². The molecule has 0 bridgehead atoms. The number of thiocarbonyl (C=S) groups is 1. The average Bonchev–Trinajstić information content (AvgIpc) is 2.52. The topological polar surface area (TPSA) is 27.7 Å². The molecule has 110 valence electrons. The van der Waals surface area contributed by atoms with Crippen LogP contribution in [0.25, 0.3) is 0 Å². The van der Waals surface area contributed by atoms with Crippen molar-refractivity contribution in [3.05, 3.63) is 30.3 Å². The monoisotopic (exact) mass is 293 g/mol. The maximum absolute atomic E-state index is 5.41. The van der Waals surface area contributed by atoms with Crippen molar-refractivity contribution < 1.29 is 4.74 Å². The summed E-state index contributed by atoms with van der Waals surface area (Å²) in [5, 5.41) is 4.10. The molecular formula is C15H23N3OS. The van der Waals surface area contributed by atoms with Crippen LogP contribution in [0.3, 0.4) is 0 Å². The molecular weight excluding hydrogens is 270 g/mol. The second kappa shape index (κ2) is 8.19. The van der Waals surface area contributed by atoms with Crippen LogP contribution in [0.2, 0.25) is 0 Å². The van der Waals surface area contributed by atoms with Crippen LogP contribution in [0.5, 0.6) is 0 Å². The fourth-order valence-electron chi connectivity index (χ4n) is 2.21. The van der Waals surface area contributed by atoms with Crippen molar-refractivity contribution in [1.29, 1.82) is 0 Å². The van der Waals surface area contributed by atoms with Gasteiger partial charge in [-0.25, -0.2) is 0 Å². The summed E-state index contributed by atoms with van der Waals surface area (Å²) in [7, 11) is 1.99. The number of ether oxygens (including phenoxy) is 1. The van der Waals surface area contributed by atoms with Gasteiger partial charge in [0.25, 0.3) is 0 Å². The zero-order chi connectivity index (χ0) is 14.2. The Balaban J connectivity index is 1.64. The maximum atomic E-state index is 5.41. The van der Waals surface area contributed by atoms with E-state index < -0.39 is 0 Å². The smallest absolute Gasteiger partial charge is 0.173 e. The van der Waals surface area contributed by atoms with E-state index in [1.165, 1.54) is 0 Å². The number of hydrogen-bond acceptors (Lipinski definition) is 3. The predicted octanol–water partition coefficient (Wildman–Crippen LogP) is 1.72. The van der Waals surface area contributed by atoms with E-state index in [0.29, 0.717) is 0 Å². The number of benzene rings is 1. The summed E-state index contributed by atoms with van der Waals surface area (Å²) < 4.78 is 5.34. The number of nitrogens with one attached hydrogen (secondary N) is 1. The highest BCUT2D eigenvalue weighted by atomic mass is 32.1. The molecule has 1 fully saturated rings. The Morgan fingerprint density at radius 3 is 2.70 bits per heavy atom. The average molecular weight is 293 g/mol. The van der Waals surface area contributed by atoms with Crippen LogP contribution in [0, 0.1) is 0 Å². The van der Waals surface area contributed by atoms with Gasteiger partial charge in [-0.2, -0.15) is 0 Å².